The molecule has 1 heterocycles. The van der Waals surface area contributed by atoms with Gasteiger partial charge in [0.05, 0.1) is 7.11 Å². The lowest BCUT2D eigenvalue weighted by Gasteiger charge is -2.34. The summed E-state index contributed by atoms with van der Waals surface area (Å²) in [5, 5.41) is 2.91. The number of urea groups is 1. The van der Waals surface area contributed by atoms with Gasteiger partial charge in [-0.1, -0.05) is 24.3 Å². The SMILES string of the molecule is COc1cccc(NC(=O)N2CCN(CCc3ccccc3F)CC2)c1. The van der Waals surface area contributed by atoms with Crippen molar-refractivity contribution in [3.05, 3.63) is 59.9 Å². The number of benzene rings is 2. The number of amides is 2. The summed E-state index contributed by atoms with van der Waals surface area (Å²) in [4.78, 5) is 16.5. The van der Waals surface area contributed by atoms with Crippen molar-refractivity contribution in [2.45, 2.75) is 6.42 Å². The van der Waals surface area contributed by atoms with E-state index in [-0.39, 0.29) is 11.8 Å². The lowest BCUT2D eigenvalue weighted by atomic mass is 10.1. The van der Waals surface area contributed by atoms with Gasteiger partial charge >= 0.3 is 6.03 Å². The number of anilines is 1. The maximum Gasteiger partial charge on any atom is 0.321 e. The van der Waals surface area contributed by atoms with E-state index < -0.39 is 0 Å². The van der Waals surface area contributed by atoms with Crippen molar-refractivity contribution in [2.75, 3.05) is 45.2 Å². The van der Waals surface area contributed by atoms with Crippen LogP contribution in [-0.4, -0.2) is 55.7 Å². The van der Waals surface area contributed by atoms with Crippen molar-refractivity contribution in [2.24, 2.45) is 0 Å². The van der Waals surface area contributed by atoms with Crippen LogP contribution in [0.5, 0.6) is 5.75 Å². The van der Waals surface area contributed by atoms with Crippen LogP contribution >= 0.6 is 0 Å². The van der Waals surface area contributed by atoms with Gasteiger partial charge in [-0.25, -0.2) is 9.18 Å². The summed E-state index contributed by atoms with van der Waals surface area (Å²) in [6.07, 6.45) is 0.683. The number of ether oxygens (including phenoxy) is 1. The van der Waals surface area contributed by atoms with Crippen molar-refractivity contribution >= 4 is 11.7 Å². The molecular formula is C20H24FN3O2. The molecule has 3 rings (SSSR count). The van der Waals surface area contributed by atoms with Gasteiger partial charge < -0.3 is 15.0 Å². The van der Waals surface area contributed by atoms with Gasteiger partial charge in [0, 0.05) is 44.5 Å². The zero-order valence-electron chi connectivity index (χ0n) is 15.0. The molecule has 1 aliphatic heterocycles. The van der Waals surface area contributed by atoms with Crippen LogP contribution in [0, 0.1) is 5.82 Å². The number of nitrogens with one attached hydrogen (secondary N) is 1. The lowest BCUT2D eigenvalue weighted by Crippen LogP contribution is -2.50. The number of methoxy groups -OCH3 is 1. The van der Waals surface area contributed by atoms with Gasteiger partial charge in [-0.2, -0.15) is 0 Å². The van der Waals surface area contributed by atoms with Crippen molar-refractivity contribution < 1.29 is 13.9 Å². The van der Waals surface area contributed by atoms with E-state index in [1.165, 1.54) is 6.07 Å². The predicted octanol–water partition coefficient (Wildman–Crippen LogP) is 3.23. The van der Waals surface area contributed by atoms with Gasteiger partial charge in [-0.3, -0.25) is 4.90 Å². The monoisotopic (exact) mass is 357 g/mol. The first-order valence-electron chi connectivity index (χ1n) is 8.81. The molecule has 0 bridgehead atoms. The number of carbonyl (C=O) groups excluding carboxylic acids is 1. The van der Waals surface area contributed by atoms with Crippen molar-refractivity contribution in [3.8, 4) is 5.75 Å². The van der Waals surface area contributed by atoms with Crippen molar-refractivity contribution in [1.29, 1.82) is 0 Å². The van der Waals surface area contributed by atoms with E-state index >= 15 is 0 Å². The highest BCUT2D eigenvalue weighted by molar-refractivity contribution is 5.89. The first-order valence-corrected chi connectivity index (χ1v) is 8.81. The number of nitrogens with zero attached hydrogens (tertiary/aromatic N) is 2. The van der Waals surface area contributed by atoms with E-state index in [0.717, 1.165) is 30.9 Å². The third-order valence-electron chi connectivity index (χ3n) is 4.64. The molecule has 0 aromatic heterocycles. The largest absolute Gasteiger partial charge is 0.497 e. The highest BCUT2D eigenvalue weighted by Gasteiger charge is 2.21. The smallest absolute Gasteiger partial charge is 0.321 e. The lowest BCUT2D eigenvalue weighted by molar-refractivity contribution is 0.148. The standard InChI is InChI=1S/C20H24FN3O2/c1-26-18-7-4-6-17(15-18)22-20(25)24-13-11-23(12-14-24)10-9-16-5-2-3-8-19(16)21/h2-8,15H,9-14H2,1H3,(H,22,25). The predicted molar refractivity (Wildman–Crippen MR) is 100 cm³/mol. The molecule has 0 atom stereocenters. The van der Waals surface area contributed by atoms with E-state index in [0.29, 0.717) is 25.3 Å². The van der Waals surface area contributed by atoms with Crippen LogP contribution in [-0.2, 0) is 6.42 Å². The molecule has 0 aliphatic carbocycles. The number of carbonyl (C=O) groups is 1. The van der Waals surface area contributed by atoms with E-state index in [9.17, 15) is 9.18 Å². The Kier molecular flexibility index (Phi) is 6.07. The second-order valence-corrected chi connectivity index (χ2v) is 6.33. The van der Waals surface area contributed by atoms with Crippen LogP contribution in [0.2, 0.25) is 0 Å². The molecule has 138 valence electrons. The second kappa shape index (κ2) is 8.67. The molecule has 2 aromatic carbocycles. The molecule has 2 amide bonds. The van der Waals surface area contributed by atoms with E-state index in [1.807, 2.05) is 30.3 Å². The fraction of sp³-hybridized carbons (Fsp3) is 0.350. The molecule has 1 N–H and O–H groups in total. The van der Waals surface area contributed by atoms with Crippen molar-refractivity contribution in [3.63, 3.8) is 0 Å². The minimum atomic E-state index is -0.149. The van der Waals surface area contributed by atoms with Gasteiger partial charge in [0.25, 0.3) is 0 Å². The maximum atomic E-state index is 13.7. The number of rotatable bonds is 5. The zero-order valence-corrected chi connectivity index (χ0v) is 15.0. The summed E-state index contributed by atoms with van der Waals surface area (Å²) in [7, 11) is 1.60. The molecule has 5 nitrogen and oxygen atoms in total. The van der Waals surface area contributed by atoms with E-state index in [4.69, 9.17) is 4.74 Å². The van der Waals surface area contributed by atoms with Crippen LogP contribution in [0.3, 0.4) is 0 Å². The first kappa shape index (κ1) is 18.2. The van der Waals surface area contributed by atoms with Gasteiger partial charge in [-0.15, -0.1) is 0 Å². The molecule has 2 aromatic rings. The Morgan fingerprint density at radius 2 is 1.88 bits per heavy atom. The molecule has 6 heteroatoms. The number of halogens is 1. The van der Waals surface area contributed by atoms with Crippen molar-refractivity contribution in [1.82, 2.24) is 9.80 Å². The fourth-order valence-corrected chi connectivity index (χ4v) is 3.06. The van der Waals surface area contributed by atoms with Gasteiger partial charge in [0.1, 0.15) is 11.6 Å². The quantitative estimate of drug-likeness (QED) is 0.894. The van der Waals surface area contributed by atoms with Crippen LogP contribution in [0.1, 0.15) is 5.56 Å². The Labute approximate surface area is 153 Å². The van der Waals surface area contributed by atoms with Crippen LogP contribution in [0.25, 0.3) is 0 Å². The zero-order chi connectivity index (χ0) is 18.4. The average molecular weight is 357 g/mol. The molecule has 1 aliphatic rings. The Hall–Kier alpha value is -2.60. The van der Waals surface area contributed by atoms with E-state index in [2.05, 4.69) is 10.2 Å². The minimum absolute atomic E-state index is 0.105. The summed E-state index contributed by atoms with van der Waals surface area (Å²) in [6.45, 7) is 3.70. The molecule has 1 fully saturated rings. The third-order valence-corrected chi connectivity index (χ3v) is 4.64. The summed E-state index contributed by atoms with van der Waals surface area (Å²) in [6, 6.07) is 14.1. The van der Waals surface area contributed by atoms with Gasteiger partial charge in [-0.05, 0) is 30.2 Å². The molecule has 0 spiro atoms. The van der Waals surface area contributed by atoms with E-state index in [1.54, 1.807) is 24.1 Å². The number of hydrogen-bond acceptors (Lipinski definition) is 3. The molecule has 0 saturated carbocycles. The summed E-state index contributed by atoms with van der Waals surface area (Å²) < 4.78 is 18.9. The molecular weight excluding hydrogens is 333 g/mol. The first-order chi connectivity index (χ1) is 12.7. The highest BCUT2D eigenvalue weighted by atomic mass is 19.1. The number of hydrogen-bond donors (Lipinski definition) is 1. The van der Waals surface area contributed by atoms with Crippen LogP contribution < -0.4 is 10.1 Å². The van der Waals surface area contributed by atoms with Gasteiger partial charge in [0.2, 0.25) is 0 Å². The fourth-order valence-electron chi connectivity index (χ4n) is 3.06. The second-order valence-electron chi connectivity index (χ2n) is 6.33. The molecule has 1 saturated heterocycles. The number of piperazine rings is 1. The molecule has 0 radical (unpaired) electrons. The summed E-state index contributed by atoms with van der Waals surface area (Å²) in [5.41, 5.74) is 1.46. The summed E-state index contributed by atoms with van der Waals surface area (Å²) in [5.74, 6) is 0.560. The normalized spacial score (nSPS) is 14.9. The van der Waals surface area contributed by atoms with Crippen LogP contribution in [0.15, 0.2) is 48.5 Å². The summed E-state index contributed by atoms with van der Waals surface area (Å²) >= 11 is 0. The Bertz CT molecular complexity index is 745. The topological polar surface area (TPSA) is 44.8 Å². The Balaban J connectivity index is 1.45. The Morgan fingerprint density at radius 1 is 1.12 bits per heavy atom. The Morgan fingerprint density at radius 3 is 2.62 bits per heavy atom. The maximum absolute atomic E-state index is 13.7. The van der Waals surface area contributed by atoms with Gasteiger partial charge in [0.15, 0.2) is 0 Å². The average Bonchev–Trinajstić information content (AvgIpc) is 2.68. The molecule has 0 unspecified atom stereocenters. The molecule has 26 heavy (non-hydrogen) atoms. The minimum Gasteiger partial charge on any atom is -0.497 e. The highest BCUT2D eigenvalue weighted by Crippen LogP contribution is 2.17. The third kappa shape index (κ3) is 4.73. The van der Waals surface area contributed by atoms with Crippen LogP contribution in [0.4, 0.5) is 14.9 Å².